The molecule has 0 aliphatic carbocycles. The third-order valence-electron chi connectivity index (χ3n) is 5.40. The molecule has 146 valence electrons. The molecule has 2 aliphatic heterocycles. The van der Waals surface area contributed by atoms with Gasteiger partial charge in [-0.25, -0.2) is 0 Å². The van der Waals surface area contributed by atoms with Gasteiger partial charge in [0.1, 0.15) is 5.75 Å². The number of fused-ring (bicyclic) bond motifs is 1. The minimum atomic E-state index is 0.724. The van der Waals surface area contributed by atoms with Crippen molar-refractivity contribution in [1.82, 2.24) is 10.2 Å². The second-order valence-electron chi connectivity index (χ2n) is 7.15. The smallest absolute Gasteiger partial charge is 0.194 e. The van der Waals surface area contributed by atoms with Crippen molar-refractivity contribution in [3.8, 4) is 5.75 Å². The van der Waals surface area contributed by atoms with Crippen LogP contribution in [-0.4, -0.2) is 38.1 Å². The first-order valence-corrected chi connectivity index (χ1v) is 9.74. The monoisotopic (exact) mass is 377 g/mol. The largest absolute Gasteiger partial charge is 0.497 e. The highest BCUT2D eigenvalue weighted by Crippen LogP contribution is 2.25. The van der Waals surface area contributed by atoms with Gasteiger partial charge in [-0.1, -0.05) is 36.4 Å². The maximum absolute atomic E-state index is 5.51. The van der Waals surface area contributed by atoms with E-state index in [1.165, 1.54) is 27.8 Å². The molecule has 5 heteroatoms. The summed E-state index contributed by atoms with van der Waals surface area (Å²) >= 11 is 0. The Hall–Kier alpha value is -2.79. The lowest BCUT2D eigenvalue weighted by Gasteiger charge is -2.30. The third-order valence-corrected chi connectivity index (χ3v) is 5.40. The van der Waals surface area contributed by atoms with E-state index in [-0.39, 0.29) is 0 Å². The number of hydrogen-bond acceptors (Lipinski definition) is 3. The summed E-state index contributed by atoms with van der Waals surface area (Å²) in [6.45, 7) is 4.02. The average molecular weight is 377 g/mol. The molecule has 0 amide bonds. The van der Waals surface area contributed by atoms with E-state index in [4.69, 9.17) is 9.47 Å². The van der Waals surface area contributed by atoms with E-state index in [2.05, 4.69) is 51.6 Å². The predicted molar refractivity (Wildman–Crippen MR) is 112 cm³/mol. The molecule has 2 aromatic rings. The van der Waals surface area contributed by atoms with Crippen molar-refractivity contribution in [2.45, 2.75) is 26.2 Å². The summed E-state index contributed by atoms with van der Waals surface area (Å²) in [5, 5.41) is 3.51. The SMILES string of the molecule is CN=C(NCc1ccc2c(c1)COC2)N1CC=C(c2cccc(OC)c2)CC1. The normalized spacial score (nSPS) is 16.6. The van der Waals surface area contributed by atoms with Crippen molar-refractivity contribution in [2.24, 2.45) is 4.99 Å². The molecule has 0 saturated heterocycles. The van der Waals surface area contributed by atoms with Gasteiger partial charge < -0.3 is 19.7 Å². The van der Waals surface area contributed by atoms with Crippen LogP contribution in [0.1, 0.15) is 28.7 Å². The first kappa shape index (κ1) is 18.6. The first-order chi connectivity index (χ1) is 13.8. The highest BCUT2D eigenvalue weighted by molar-refractivity contribution is 5.81. The van der Waals surface area contributed by atoms with E-state index in [0.717, 1.165) is 51.0 Å². The second-order valence-corrected chi connectivity index (χ2v) is 7.15. The van der Waals surface area contributed by atoms with Gasteiger partial charge in [-0.2, -0.15) is 0 Å². The number of rotatable bonds is 4. The van der Waals surface area contributed by atoms with Crippen LogP contribution in [0.4, 0.5) is 0 Å². The summed E-state index contributed by atoms with van der Waals surface area (Å²) in [5.74, 6) is 1.84. The van der Waals surface area contributed by atoms with Crippen LogP contribution in [0.5, 0.6) is 5.75 Å². The minimum absolute atomic E-state index is 0.724. The lowest BCUT2D eigenvalue weighted by atomic mass is 9.99. The van der Waals surface area contributed by atoms with Crippen molar-refractivity contribution in [1.29, 1.82) is 0 Å². The molecule has 0 spiro atoms. The Balaban J connectivity index is 1.37. The van der Waals surface area contributed by atoms with Gasteiger partial charge in [0.25, 0.3) is 0 Å². The highest BCUT2D eigenvalue weighted by Gasteiger charge is 2.17. The molecule has 4 rings (SSSR count). The van der Waals surface area contributed by atoms with Crippen LogP contribution in [-0.2, 0) is 24.5 Å². The second kappa shape index (κ2) is 8.48. The van der Waals surface area contributed by atoms with Crippen LogP contribution < -0.4 is 10.1 Å². The van der Waals surface area contributed by atoms with Crippen molar-refractivity contribution < 1.29 is 9.47 Å². The number of ether oxygens (including phenoxy) is 2. The maximum atomic E-state index is 5.51. The molecule has 0 aromatic heterocycles. The summed E-state index contributed by atoms with van der Waals surface area (Å²) in [5.41, 5.74) is 6.47. The van der Waals surface area contributed by atoms with Crippen LogP contribution >= 0.6 is 0 Å². The number of guanidine groups is 1. The molecule has 0 radical (unpaired) electrons. The van der Waals surface area contributed by atoms with Crippen LogP contribution in [0, 0.1) is 0 Å². The maximum Gasteiger partial charge on any atom is 0.194 e. The van der Waals surface area contributed by atoms with Crippen LogP contribution in [0.2, 0.25) is 0 Å². The zero-order valence-corrected chi connectivity index (χ0v) is 16.6. The van der Waals surface area contributed by atoms with E-state index in [1.807, 2.05) is 19.2 Å². The highest BCUT2D eigenvalue weighted by atomic mass is 16.5. The molecule has 28 heavy (non-hydrogen) atoms. The standard InChI is InChI=1S/C23H27N3O2/c1-24-23(25-14-17-6-7-20-15-28-16-21(20)12-17)26-10-8-18(9-11-26)19-4-3-5-22(13-19)27-2/h3-8,12-13H,9-11,14-16H2,1-2H3,(H,24,25). The number of nitrogens with one attached hydrogen (secondary N) is 1. The summed E-state index contributed by atoms with van der Waals surface area (Å²) in [6, 6.07) is 14.9. The number of nitrogens with zero attached hydrogens (tertiary/aromatic N) is 2. The number of aliphatic imine (C=N–C) groups is 1. The van der Waals surface area contributed by atoms with Crippen molar-refractivity contribution in [3.63, 3.8) is 0 Å². The lowest BCUT2D eigenvalue weighted by molar-refractivity contribution is 0.134. The Morgan fingerprint density at radius 2 is 2.07 bits per heavy atom. The summed E-state index contributed by atoms with van der Waals surface area (Å²) in [6.07, 6.45) is 3.28. The zero-order valence-electron chi connectivity index (χ0n) is 16.6. The van der Waals surface area contributed by atoms with Crippen LogP contribution in [0.25, 0.3) is 5.57 Å². The fraction of sp³-hybridized carbons (Fsp3) is 0.348. The number of methoxy groups -OCH3 is 1. The van der Waals surface area contributed by atoms with Crippen molar-refractivity contribution >= 4 is 11.5 Å². The fourth-order valence-corrected chi connectivity index (χ4v) is 3.80. The molecule has 2 heterocycles. The summed E-state index contributed by atoms with van der Waals surface area (Å²) in [7, 11) is 3.56. The van der Waals surface area contributed by atoms with Gasteiger partial charge in [0.05, 0.1) is 20.3 Å². The van der Waals surface area contributed by atoms with Crippen LogP contribution in [0.3, 0.4) is 0 Å². The number of hydrogen-bond donors (Lipinski definition) is 1. The molecule has 0 atom stereocenters. The van der Waals surface area contributed by atoms with Gasteiger partial charge in [0.2, 0.25) is 0 Å². The molecule has 0 fully saturated rings. The molecule has 0 saturated carbocycles. The quantitative estimate of drug-likeness (QED) is 0.653. The molecular weight excluding hydrogens is 350 g/mol. The topological polar surface area (TPSA) is 46.1 Å². The van der Waals surface area contributed by atoms with Gasteiger partial charge in [-0.05, 0) is 46.4 Å². The molecule has 0 unspecified atom stereocenters. The zero-order chi connectivity index (χ0) is 19.3. The Morgan fingerprint density at radius 1 is 1.18 bits per heavy atom. The minimum Gasteiger partial charge on any atom is -0.497 e. The molecule has 2 aliphatic rings. The van der Waals surface area contributed by atoms with Gasteiger partial charge in [0, 0.05) is 26.7 Å². The third kappa shape index (κ3) is 4.04. The molecule has 2 aromatic carbocycles. The van der Waals surface area contributed by atoms with Gasteiger partial charge >= 0.3 is 0 Å². The summed E-state index contributed by atoms with van der Waals surface area (Å²) < 4.78 is 10.9. The van der Waals surface area contributed by atoms with Gasteiger partial charge in [-0.15, -0.1) is 0 Å². The van der Waals surface area contributed by atoms with Gasteiger partial charge in [0.15, 0.2) is 5.96 Å². The average Bonchev–Trinajstić information content (AvgIpc) is 3.22. The first-order valence-electron chi connectivity index (χ1n) is 9.74. The van der Waals surface area contributed by atoms with Crippen molar-refractivity contribution in [2.75, 3.05) is 27.2 Å². The fourth-order valence-electron chi connectivity index (χ4n) is 3.80. The molecule has 1 N–H and O–H groups in total. The molecular formula is C23H27N3O2. The van der Waals surface area contributed by atoms with E-state index in [9.17, 15) is 0 Å². The van der Waals surface area contributed by atoms with Crippen molar-refractivity contribution in [3.05, 3.63) is 70.8 Å². The Kier molecular flexibility index (Phi) is 5.63. The molecule has 0 bridgehead atoms. The lowest BCUT2D eigenvalue weighted by Crippen LogP contribution is -2.43. The predicted octanol–water partition coefficient (Wildman–Crippen LogP) is 3.59. The summed E-state index contributed by atoms with van der Waals surface area (Å²) in [4.78, 5) is 6.77. The Bertz CT molecular complexity index is 904. The van der Waals surface area contributed by atoms with Crippen LogP contribution in [0.15, 0.2) is 53.5 Å². The number of benzene rings is 2. The van der Waals surface area contributed by atoms with E-state index in [1.54, 1.807) is 7.11 Å². The van der Waals surface area contributed by atoms with E-state index >= 15 is 0 Å². The van der Waals surface area contributed by atoms with Gasteiger partial charge in [-0.3, -0.25) is 4.99 Å². The Morgan fingerprint density at radius 3 is 2.86 bits per heavy atom. The van der Waals surface area contributed by atoms with E-state index < -0.39 is 0 Å². The Labute approximate surface area is 166 Å². The molecule has 5 nitrogen and oxygen atoms in total. The van der Waals surface area contributed by atoms with E-state index in [0.29, 0.717) is 0 Å².